The average Bonchev–Trinajstić information content (AvgIpc) is 2.98. The highest BCUT2D eigenvalue weighted by Gasteiger charge is 2.16. The van der Waals surface area contributed by atoms with Gasteiger partial charge in [0.1, 0.15) is 0 Å². The third kappa shape index (κ3) is 4.84. The van der Waals surface area contributed by atoms with Gasteiger partial charge in [-0.05, 0) is 152 Å². The molecule has 0 fully saturated rings. The van der Waals surface area contributed by atoms with Crippen LogP contribution in [0, 0.1) is 10.7 Å². The molecule has 194 valence electrons. The van der Waals surface area contributed by atoms with Gasteiger partial charge in [-0.1, -0.05) is 117 Å². The Morgan fingerprint density at radius 2 is 0.600 bits per heavy atom. The molecule has 0 N–H and O–H groups in total. The molecule has 40 heavy (non-hydrogen) atoms. The van der Waals surface area contributed by atoms with Crippen LogP contribution >= 0.6 is 67.8 Å². The predicted molar refractivity (Wildman–Crippen MR) is 200 cm³/mol. The van der Waals surface area contributed by atoms with Crippen molar-refractivity contribution in [3.05, 3.63) is 138 Å². The van der Waals surface area contributed by atoms with E-state index in [1.54, 1.807) is 0 Å². The van der Waals surface area contributed by atoms with E-state index in [0.29, 0.717) is 0 Å². The van der Waals surface area contributed by atoms with Crippen LogP contribution in [0.2, 0.25) is 0 Å². The molecule has 0 aliphatic heterocycles. The molecule has 0 atom stereocenters. The zero-order valence-corrected chi connectivity index (χ0v) is 27.2. The van der Waals surface area contributed by atoms with Crippen LogP contribution in [0.4, 0.5) is 0 Å². The van der Waals surface area contributed by atoms with Gasteiger partial charge >= 0.3 is 0 Å². The second-order valence-electron chi connectivity index (χ2n) is 9.74. The summed E-state index contributed by atoms with van der Waals surface area (Å²) >= 11 is 7.59. The van der Waals surface area contributed by atoms with Crippen LogP contribution in [-0.4, -0.2) is 0 Å². The summed E-state index contributed by atoms with van der Waals surface area (Å²) in [5.41, 5.74) is 7.53. The van der Waals surface area contributed by atoms with Crippen LogP contribution < -0.4 is 0 Å². The number of hydrogen-bond donors (Lipinski definition) is 0. The number of fused-ring (bicyclic) bond motifs is 3. The summed E-state index contributed by atoms with van der Waals surface area (Å²) in [5.74, 6) is 0. The second-order valence-corrected chi connectivity index (χ2v) is 13.0. The fraction of sp³-hybridized carbons (Fsp3) is 0.0270. The Morgan fingerprint density at radius 1 is 0.325 bits per heavy atom. The molecular formula is C37H25I3. The van der Waals surface area contributed by atoms with Crippen LogP contribution in [0.5, 0.6) is 0 Å². The highest BCUT2D eigenvalue weighted by atomic mass is 127. The Morgan fingerprint density at radius 3 is 0.900 bits per heavy atom. The van der Waals surface area contributed by atoms with Crippen LogP contribution in [0.25, 0.3) is 65.7 Å². The highest BCUT2D eigenvalue weighted by Crippen LogP contribution is 2.41. The van der Waals surface area contributed by atoms with Gasteiger partial charge in [-0.15, -0.1) is 0 Å². The third-order valence-electron chi connectivity index (χ3n) is 7.46. The van der Waals surface area contributed by atoms with Crippen LogP contribution in [0.3, 0.4) is 0 Å². The zero-order chi connectivity index (χ0) is 26.5. The molecule has 0 spiro atoms. The topological polar surface area (TPSA) is 0 Å². The molecule has 0 saturated heterocycles. The minimum atomic E-state index is 0. The lowest BCUT2D eigenvalue weighted by Crippen LogP contribution is -1.92. The van der Waals surface area contributed by atoms with Crippen molar-refractivity contribution in [3.8, 4) is 33.4 Å². The number of benzene rings is 7. The summed E-state index contributed by atoms with van der Waals surface area (Å²) in [6.07, 6.45) is 0. The van der Waals surface area contributed by atoms with Gasteiger partial charge in [-0.25, -0.2) is 0 Å². The van der Waals surface area contributed by atoms with Crippen LogP contribution in [0.1, 0.15) is 7.43 Å². The minimum Gasteiger partial charge on any atom is -0.0776 e. The van der Waals surface area contributed by atoms with Crippen LogP contribution in [0.15, 0.2) is 127 Å². The Kier molecular flexibility index (Phi) is 7.90. The number of halogens is 3. The van der Waals surface area contributed by atoms with Gasteiger partial charge in [-0.2, -0.15) is 0 Å². The monoisotopic (exact) mass is 850 g/mol. The van der Waals surface area contributed by atoms with Crippen molar-refractivity contribution >= 4 is 100 Å². The Bertz CT molecular complexity index is 1810. The van der Waals surface area contributed by atoms with Gasteiger partial charge in [0.2, 0.25) is 0 Å². The summed E-state index contributed by atoms with van der Waals surface area (Å²) in [4.78, 5) is 0. The first-order chi connectivity index (χ1) is 19.1. The van der Waals surface area contributed by atoms with Gasteiger partial charge in [0.25, 0.3) is 0 Å². The Balaban J connectivity index is 0.00000289. The van der Waals surface area contributed by atoms with Crippen molar-refractivity contribution in [1.29, 1.82) is 0 Å². The third-order valence-corrected chi connectivity index (χ3v) is 10.9. The highest BCUT2D eigenvalue weighted by molar-refractivity contribution is 14.1. The van der Waals surface area contributed by atoms with Crippen molar-refractivity contribution < 1.29 is 0 Å². The minimum absolute atomic E-state index is 0. The first kappa shape index (κ1) is 27.7. The summed E-state index contributed by atoms with van der Waals surface area (Å²) in [6, 6.07) is 46.7. The summed E-state index contributed by atoms with van der Waals surface area (Å²) in [7, 11) is 0. The molecule has 0 aromatic heterocycles. The van der Waals surface area contributed by atoms with E-state index in [-0.39, 0.29) is 7.43 Å². The fourth-order valence-electron chi connectivity index (χ4n) is 5.46. The van der Waals surface area contributed by atoms with Crippen LogP contribution in [-0.2, 0) is 0 Å². The van der Waals surface area contributed by atoms with Crippen molar-refractivity contribution in [2.24, 2.45) is 0 Å². The molecule has 0 aliphatic rings. The smallest absolute Gasteiger partial charge is 0.0287 e. The Hall–Kier alpha value is -2.49. The van der Waals surface area contributed by atoms with E-state index < -0.39 is 0 Å². The molecule has 7 rings (SSSR count). The molecule has 0 unspecified atom stereocenters. The lowest BCUT2D eigenvalue weighted by Gasteiger charge is -2.16. The second kappa shape index (κ2) is 11.4. The van der Waals surface area contributed by atoms with Crippen molar-refractivity contribution in [3.63, 3.8) is 0 Å². The first-order valence-electron chi connectivity index (χ1n) is 12.8. The predicted octanol–water partition coefficient (Wildman–Crippen LogP) is 12.6. The van der Waals surface area contributed by atoms with E-state index in [9.17, 15) is 0 Å². The summed E-state index contributed by atoms with van der Waals surface area (Å²) in [6.45, 7) is 0. The number of rotatable bonds is 3. The summed E-state index contributed by atoms with van der Waals surface area (Å²) in [5, 5.41) is 7.70. The van der Waals surface area contributed by atoms with Gasteiger partial charge in [0.05, 0.1) is 0 Å². The van der Waals surface area contributed by atoms with E-state index in [0.717, 1.165) is 0 Å². The van der Waals surface area contributed by atoms with Crippen molar-refractivity contribution in [1.82, 2.24) is 0 Å². The van der Waals surface area contributed by atoms with Gasteiger partial charge < -0.3 is 0 Å². The maximum atomic E-state index is 2.53. The van der Waals surface area contributed by atoms with E-state index in [1.807, 2.05) is 0 Å². The molecule has 0 nitrogen and oxygen atoms in total. The van der Waals surface area contributed by atoms with E-state index in [1.165, 1.54) is 76.4 Å². The average molecular weight is 850 g/mol. The largest absolute Gasteiger partial charge is 0.0776 e. The Labute approximate surface area is 276 Å². The van der Waals surface area contributed by atoms with Crippen molar-refractivity contribution in [2.75, 3.05) is 0 Å². The van der Waals surface area contributed by atoms with Gasteiger partial charge in [-0.3, -0.25) is 0 Å². The molecule has 0 heterocycles. The zero-order valence-electron chi connectivity index (χ0n) is 20.8. The van der Waals surface area contributed by atoms with Gasteiger partial charge in [0.15, 0.2) is 0 Å². The van der Waals surface area contributed by atoms with E-state index in [4.69, 9.17) is 0 Å². The molecule has 0 bridgehead atoms. The quantitative estimate of drug-likeness (QED) is 0.155. The molecule has 0 amide bonds. The van der Waals surface area contributed by atoms with Crippen molar-refractivity contribution in [2.45, 2.75) is 7.43 Å². The molecule has 0 aliphatic carbocycles. The first-order valence-corrected chi connectivity index (χ1v) is 16.0. The lowest BCUT2D eigenvalue weighted by molar-refractivity contribution is 1.56. The number of hydrogen-bond acceptors (Lipinski definition) is 0. The normalized spacial score (nSPS) is 11.2. The molecule has 0 radical (unpaired) electrons. The maximum absolute atomic E-state index is 2.53. The van der Waals surface area contributed by atoms with Gasteiger partial charge in [0, 0.05) is 10.7 Å². The molecule has 0 saturated carbocycles. The molecule has 3 heteroatoms. The van der Waals surface area contributed by atoms with E-state index >= 15 is 0 Å². The SMILES string of the molecule is C.Ic1c(-c2cc(-c3ccc4ccccc4c3I)cc(-c3ccc4ccccc4c3I)c2)ccc2ccccc12. The molecule has 7 aromatic rings. The fourth-order valence-corrected chi connectivity index (χ4v) is 8.41. The summed E-state index contributed by atoms with van der Waals surface area (Å²) < 4.78 is 3.86. The van der Waals surface area contributed by atoms with E-state index in [2.05, 4.69) is 195 Å². The molecular weight excluding hydrogens is 825 g/mol. The maximum Gasteiger partial charge on any atom is 0.0287 e. The molecule has 7 aromatic carbocycles. The standard InChI is InChI=1S/C36H21I3.CH4/c37-34-28-10-4-1-7-22(28)13-16-31(34)25-19-26(32-17-14-23-8-2-5-11-29(23)35(32)38)21-27(20-25)33-18-15-24-9-3-6-12-30(24)36(33)39;/h1-21H;1H4. The lowest BCUT2D eigenvalue weighted by atomic mass is 9.91.